The number of likely N-dealkylation sites (tertiary alicyclic amines) is 1. The van der Waals surface area contributed by atoms with E-state index in [9.17, 15) is 18.0 Å². The van der Waals surface area contributed by atoms with Gasteiger partial charge in [0.15, 0.2) is 11.5 Å². The summed E-state index contributed by atoms with van der Waals surface area (Å²) in [7, 11) is -3.77. The Balaban J connectivity index is 1.85. The summed E-state index contributed by atoms with van der Waals surface area (Å²) < 4.78 is 47.7. The quantitative estimate of drug-likeness (QED) is 0.270. The van der Waals surface area contributed by atoms with Gasteiger partial charge in [0.2, 0.25) is 0 Å². The number of carbonyl (C=O) groups is 2. The van der Waals surface area contributed by atoms with E-state index in [1.807, 2.05) is 27.7 Å². The monoisotopic (exact) mass is 674 g/mol. The van der Waals surface area contributed by atoms with Crippen molar-refractivity contribution in [3.63, 3.8) is 0 Å². The molecule has 1 aliphatic heterocycles. The molecule has 3 aromatic rings. The van der Waals surface area contributed by atoms with E-state index in [2.05, 4.69) is 10.4 Å². The molecule has 0 aliphatic carbocycles. The van der Waals surface area contributed by atoms with Crippen molar-refractivity contribution in [2.45, 2.75) is 85.0 Å². The lowest BCUT2D eigenvalue weighted by Crippen LogP contribution is -2.47. The molecule has 0 saturated carbocycles. The zero-order chi connectivity index (χ0) is 34.6. The van der Waals surface area contributed by atoms with Gasteiger partial charge in [-0.05, 0) is 85.6 Å². The topological polar surface area (TPSA) is 154 Å². The Labute approximate surface area is 276 Å². The predicted octanol–water partition coefficient (Wildman–Crippen LogP) is 5.53. The predicted molar refractivity (Wildman–Crippen MR) is 178 cm³/mol. The fraction of sp³-hybridized carbons (Fsp3) is 0.562. The fourth-order valence-electron chi connectivity index (χ4n) is 5.09. The second-order valence-corrected chi connectivity index (χ2v) is 14.9. The molecule has 1 unspecified atom stereocenters. The van der Waals surface area contributed by atoms with Gasteiger partial charge in [0.1, 0.15) is 22.8 Å². The highest BCUT2D eigenvalue weighted by molar-refractivity contribution is 7.85. The minimum atomic E-state index is -3.77. The Kier molecular flexibility index (Phi) is 10.9. The second kappa shape index (κ2) is 14.3. The van der Waals surface area contributed by atoms with Crippen molar-refractivity contribution in [1.82, 2.24) is 19.5 Å². The number of carbonyl (C=O) groups excluding carboxylic acids is 2. The van der Waals surface area contributed by atoms with Crippen LogP contribution in [0.5, 0.6) is 5.75 Å². The molecule has 14 nitrogen and oxygen atoms in total. The van der Waals surface area contributed by atoms with E-state index < -0.39 is 33.5 Å². The minimum absolute atomic E-state index is 0.0341. The van der Waals surface area contributed by atoms with E-state index in [0.29, 0.717) is 48.2 Å². The molecule has 2 aromatic heterocycles. The number of nitrogens with zero attached hydrogens (tertiary/aromatic N) is 5. The Morgan fingerprint density at radius 2 is 1.72 bits per heavy atom. The van der Waals surface area contributed by atoms with Gasteiger partial charge in [0.25, 0.3) is 10.1 Å². The standard InChI is InChI=1S/C32H46N6O8S/c1-9-43-24-14-12-23(13-15-24)37(30(40)46-32(5,6)7)28-25(17-20-44-47(8,41)42)27(35-26-16-18-33-38(26)28)34-22-11-10-19-36(21-22)29(39)45-31(2,3)4/h12-16,18,22H,9-11,17,19-21H2,1-8H3,(H,34,35). The van der Waals surface area contributed by atoms with Crippen LogP contribution in [-0.4, -0.2) is 89.9 Å². The van der Waals surface area contributed by atoms with Crippen molar-refractivity contribution in [2.24, 2.45) is 0 Å². The van der Waals surface area contributed by atoms with Crippen molar-refractivity contribution in [3.05, 3.63) is 42.1 Å². The first-order valence-electron chi connectivity index (χ1n) is 15.7. The number of hydrogen-bond donors (Lipinski definition) is 1. The normalized spacial score (nSPS) is 15.7. The summed E-state index contributed by atoms with van der Waals surface area (Å²) in [6.07, 6.45) is 2.93. The van der Waals surface area contributed by atoms with E-state index in [1.165, 1.54) is 9.42 Å². The molecule has 1 aliphatic rings. The van der Waals surface area contributed by atoms with Gasteiger partial charge in [-0.15, -0.1) is 0 Å². The average molecular weight is 675 g/mol. The molecule has 1 N–H and O–H groups in total. The SMILES string of the molecule is CCOc1ccc(N(C(=O)OC(C)(C)C)c2c(CCOS(C)(=O)=O)c(NC3CCCN(C(=O)OC(C)(C)C)C3)nc3ccnn23)cc1. The number of ether oxygens (including phenoxy) is 3. The molecule has 0 spiro atoms. The van der Waals surface area contributed by atoms with Crippen molar-refractivity contribution in [2.75, 3.05) is 42.8 Å². The molecule has 4 rings (SSSR count). The first kappa shape index (κ1) is 35.7. The van der Waals surface area contributed by atoms with E-state index in [0.717, 1.165) is 19.1 Å². The second-order valence-electron chi connectivity index (χ2n) is 13.3. The van der Waals surface area contributed by atoms with Gasteiger partial charge >= 0.3 is 12.2 Å². The number of aromatic nitrogens is 3. The highest BCUT2D eigenvalue weighted by Crippen LogP contribution is 2.36. The van der Waals surface area contributed by atoms with Gasteiger partial charge in [0, 0.05) is 37.2 Å². The number of nitrogens with one attached hydrogen (secondary N) is 1. The number of benzene rings is 1. The maximum atomic E-state index is 14.1. The highest BCUT2D eigenvalue weighted by Gasteiger charge is 2.33. The molecule has 258 valence electrons. The largest absolute Gasteiger partial charge is 0.494 e. The molecule has 15 heteroatoms. The van der Waals surface area contributed by atoms with Crippen molar-refractivity contribution in [1.29, 1.82) is 0 Å². The average Bonchev–Trinajstić information content (AvgIpc) is 3.41. The van der Waals surface area contributed by atoms with Crippen LogP contribution in [-0.2, 0) is 30.2 Å². The maximum Gasteiger partial charge on any atom is 0.420 e. The summed E-state index contributed by atoms with van der Waals surface area (Å²) >= 11 is 0. The Morgan fingerprint density at radius 1 is 1.04 bits per heavy atom. The van der Waals surface area contributed by atoms with Gasteiger partial charge in [-0.2, -0.15) is 18.0 Å². The van der Waals surface area contributed by atoms with Gasteiger partial charge in [-0.25, -0.2) is 19.5 Å². The van der Waals surface area contributed by atoms with E-state index in [4.69, 9.17) is 23.4 Å². The first-order chi connectivity index (χ1) is 21.9. The molecule has 1 atom stereocenters. The summed E-state index contributed by atoms with van der Waals surface area (Å²) in [5.74, 6) is 1.30. The Bertz CT molecular complexity index is 1660. The van der Waals surface area contributed by atoms with Crippen molar-refractivity contribution >= 4 is 45.3 Å². The summed E-state index contributed by atoms with van der Waals surface area (Å²) in [4.78, 5) is 34.9. The van der Waals surface area contributed by atoms with Crippen LogP contribution in [0.1, 0.15) is 66.9 Å². The Hall–Kier alpha value is -4.11. The van der Waals surface area contributed by atoms with Crippen LogP contribution < -0.4 is 15.0 Å². The molecule has 2 amide bonds. The number of fused-ring (bicyclic) bond motifs is 1. The maximum absolute atomic E-state index is 14.1. The third-order valence-electron chi connectivity index (χ3n) is 6.86. The van der Waals surface area contributed by atoms with E-state index >= 15 is 0 Å². The van der Waals surface area contributed by atoms with E-state index in [1.54, 1.807) is 62.2 Å². The molecule has 47 heavy (non-hydrogen) atoms. The van der Waals surface area contributed by atoms with Gasteiger partial charge in [-0.1, -0.05) is 0 Å². The van der Waals surface area contributed by atoms with Gasteiger partial charge in [0.05, 0.1) is 31.4 Å². The minimum Gasteiger partial charge on any atom is -0.494 e. The lowest BCUT2D eigenvalue weighted by atomic mass is 10.1. The fourth-order valence-corrected chi connectivity index (χ4v) is 5.48. The molecule has 1 saturated heterocycles. The van der Waals surface area contributed by atoms with Crippen LogP contribution >= 0.6 is 0 Å². The number of hydrogen-bond acceptors (Lipinski definition) is 11. The number of amides is 2. The smallest absolute Gasteiger partial charge is 0.420 e. The molecule has 1 fully saturated rings. The molecular weight excluding hydrogens is 628 g/mol. The van der Waals surface area contributed by atoms with Crippen LogP contribution in [0.4, 0.5) is 26.9 Å². The molecule has 0 radical (unpaired) electrons. The van der Waals surface area contributed by atoms with Crippen LogP contribution in [0.2, 0.25) is 0 Å². The lowest BCUT2D eigenvalue weighted by Gasteiger charge is -2.35. The molecule has 0 bridgehead atoms. The molecule has 3 heterocycles. The van der Waals surface area contributed by atoms with Crippen LogP contribution in [0.15, 0.2) is 36.5 Å². The summed E-state index contributed by atoms with van der Waals surface area (Å²) in [5, 5.41) is 7.97. The lowest BCUT2D eigenvalue weighted by molar-refractivity contribution is 0.0206. The van der Waals surface area contributed by atoms with E-state index in [-0.39, 0.29) is 24.9 Å². The van der Waals surface area contributed by atoms with Crippen molar-refractivity contribution < 1.29 is 36.4 Å². The Morgan fingerprint density at radius 3 is 2.34 bits per heavy atom. The molecular formula is C32H46N6O8S. The number of anilines is 3. The zero-order valence-corrected chi connectivity index (χ0v) is 29.2. The third kappa shape index (κ3) is 9.94. The summed E-state index contributed by atoms with van der Waals surface area (Å²) in [6.45, 7) is 13.8. The third-order valence-corrected chi connectivity index (χ3v) is 7.46. The van der Waals surface area contributed by atoms with Gasteiger partial charge in [-0.3, -0.25) is 4.18 Å². The van der Waals surface area contributed by atoms with Crippen LogP contribution in [0.3, 0.4) is 0 Å². The van der Waals surface area contributed by atoms with Crippen LogP contribution in [0, 0.1) is 0 Å². The molecule has 1 aromatic carbocycles. The summed E-state index contributed by atoms with van der Waals surface area (Å²) in [5.41, 5.74) is -0.144. The van der Waals surface area contributed by atoms with Crippen molar-refractivity contribution in [3.8, 4) is 5.75 Å². The zero-order valence-electron chi connectivity index (χ0n) is 28.4. The first-order valence-corrected chi connectivity index (χ1v) is 17.5. The summed E-state index contributed by atoms with van der Waals surface area (Å²) in [6, 6.07) is 8.43. The van der Waals surface area contributed by atoms with Gasteiger partial charge < -0.3 is 24.4 Å². The number of rotatable bonds is 10. The number of piperidine rings is 1. The highest BCUT2D eigenvalue weighted by atomic mass is 32.2. The van der Waals surface area contributed by atoms with Crippen LogP contribution in [0.25, 0.3) is 5.65 Å².